The van der Waals surface area contributed by atoms with Crippen LogP contribution in [0.3, 0.4) is 0 Å². The Morgan fingerprint density at radius 1 is 1.43 bits per heavy atom. The first-order valence-electron chi connectivity index (χ1n) is 7.46. The molecule has 5 nitrogen and oxygen atoms in total. The van der Waals surface area contributed by atoms with Crippen LogP contribution in [-0.4, -0.2) is 41.7 Å². The van der Waals surface area contributed by atoms with Crippen LogP contribution in [0.5, 0.6) is 0 Å². The highest BCUT2D eigenvalue weighted by molar-refractivity contribution is 5.28. The predicted octanol–water partition coefficient (Wildman–Crippen LogP) is 2.11. The van der Waals surface area contributed by atoms with E-state index in [0.717, 1.165) is 25.5 Å². The molecule has 2 atom stereocenters. The maximum absolute atomic E-state index is 5.51. The van der Waals surface area contributed by atoms with Crippen molar-refractivity contribution in [1.29, 1.82) is 0 Å². The Balaban J connectivity index is 1.81. The number of aromatic nitrogens is 2. The maximum Gasteiger partial charge on any atom is 0.233 e. The second kappa shape index (κ2) is 5.95. The molecule has 0 spiro atoms. The fourth-order valence-electron chi connectivity index (χ4n) is 2.73. The van der Waals surface area contributed by atoms with Crippen LogP contribution in [-0.2, 0) is 0 Å². The number of hydrogen-bond acceptors (Lipinski definition) is 5. The Bertz CT molecular complexity index is 610. The maximum atomic E-state index is 5.51. The molecule has 1 aliphatic heterocycles. The summed E-state index contributed by atoms with van der Waals surface area (Å²) in [6.07, 6.45) is 0. The van der Waals surface area contributed by atoms with Crippen molar-refractivity contribution in [2.75, 3.05) is 26.7 Å². The van der Waals surface area contributed by atoms with E-state index in [-0.39, 0.29) is 12.0 Å². The molecule has 2 heterocycles. The molecule has 21 heavy (non-hydrogen) atoms. The van der Waals surface area contributed by atoms with Crippen molar-refractivity contribution in [2.24, 2.45) is 0 Å². The molecule has 3 rings (SSSR count). The zero-order chi connectivity index (χ0) is 14.8. The number of nitrogens with one attached hydrogen (secondary N) is 1. The molecule has 1 N–H and O–H groups in total. The van der Waals surface area contributed by atoms with Gasteiger partial charge in [-0.25, -0.2) is 0 Å². The first kappa shape index (κ1) is 14.2. The Kier molecular flexibility index (Phi) is 4.03. The lowest BCUT2D eigenvalue weighted by Crippen LogP contribution is -2.44. The highest BCUT2D eigenvalue weighted by Gasteiger charge is 2.26. The Morgan fingerprint density at radius 3 is 3.05 bits per heavy atom. The molecule has 0 amide bonds. The number of benzene rings is 1. The standard InChI is InChI=1S/C16H22N4O/c1-11-5-4-6-13(9-11)12(2)16-18-15(19-21-16)14-10-17-7-8-20(14)3/h4-6,9,12,14,17H,7-8,10H2,1-3H3. The van der Waals surface area contributed by atoms with Crippen molar-refractivity contribution in [3.8, 4) is 0 Å². The Labute approximate surface area is 125 Å². The van der Waals surface area contributed by atoms with Gasteiger partial charge in [0.2, 0.25) is 5.89 Å². The van der Waals surface area contributed by atoms with Gasteiger partial charge in [-0.05, 0) is 26.5 Å². The monoisotopic (exact) mass is 286 g/mol. The van der Waals surface area contributed by atoms with Gasteiger partial charge in [0.05, 0.1) is 12.0 Å². The molecule has 0 aliphatic carbocycles. The van der Waals surface area contributed by atoms with E-state index in [1.807, 2.05) is 0 Å². The lowest BCUT2D eigenvalue weighted by Gasteiger charge is -2.30. The van der Waals surface area contributed by atoms with Crippen molar-refractivity contribution in [2.45, 2.75) is 25.8 Å². The fourth-order valence-corrected chi connectivity index (χ4v) is 2.73. The van der Waals surface area contributed by atoms with E-state index in [9.17, 15) is 0 Å². The SMILES string of the molecule is Cc1cccc(C(C)c2nc(C3CNCCN3C)no2)c1. The minimum atomic E-state index is 0.119. The molecular formula is C16H22N4O. The van der Waals surface area contributed by atoms with Crippen LogP contribution < -0.4 is 5.32 Å². The van der Waals surface area contributed by atoms with Crippen LogP contribution in [0.1, 0.15) is 41.7 Å². The van der Waals surface area contributed by atoms with E-state index in [4.69, 9.17) is 4.52 Å². The van der Waals surface area contributed by atoms with Crippen molar-refractivity contribution in [1.82, 2.24) is 20.4 Å². The van der Waals surface area contributed by atoms with E-state index in [0.29, 0.717) is 5.89 Å². The molecule has 0 radical (unpaired) electrons. The molecule has 1 fully saturated rings. The van der Waals surface area contributed by atoms with Crippen molar-refractivity contribution >= 4 is 0 Å². The van der Waals surface area contributed by atoms with Gasteiger partial charge in [0.15, 0.2) is 5.82 Å². The van der Waals surface area contributed by atoms with Gasteiger partial charge in [-0.2, -0.15) is 4.98 Å². The van der Waals surface area contributed by atoms with Gasteiger partial charge in [-0.3, -0.25) is 4.90 Å². The third-order valence-electron chi connectivity index (χ3n) is 4.18. The molecule has 1 aromatic heterocycles. The smallest absolute Gasteiger partial charge is 0.233 e. The Hall–Kier alpha value is -1.72. The summed E-state index contributed by atoms with van der Waals surface area (Å²) in [5, 5.41) is 7.57. The summed E-state index contributed by atoms with van der Waals surface area (Å²) in [6, 6.07) is 8.63. The summed E-state index contributed by atoms with van der Waals surface area (Å²) in [6.45, 7) is 7.08. The fraction of sp³-hybridized carbons (Fsp3) is 0.500. The van der Waals surface area contributed by atoms with Gasteiger partial charge < -0.3 is 9.84 Å². The molecule has 1 saturated heterocycles. The Morgan fingerprint density at radius 2 is 2.29 bits per heavy atom. The summed E-state index contributed by atoms with van der Waals surface area (Å²) in [4.78, 5) is 6.90. The molecular weight excluding hydrogens is 264 g/mol. The third-order valence-corrected chi connectivity index (χ3v) is 4.18. The minimum Gasteiger partial charge on any atom is -0.339 e. The lowest BCUT2D eigenvalue weighted by molar-refractivity contribution is 0.190. The average Bonchev–Trinajstić information content (AvgIpc) is 2.96. The largest absolute Gasteiger partial charge is 0.339 e. The summed E-state index contributed by atoms with van der Waals surface area (Å²) in [7, 11) is 2.10. The van der Waals surface area contributed by atoms with Crippen LogP contribution in [0, 0.1) is 6.92 Å². The topological polar surface area (TPSA) is 54.2 Å². The molecule has 5 heteroatoms. The quantitative estimate of drug-likeness (QED) is 0.936. The van der Waals surface area contributed by atoms with Crippen LogP contribution >= 0.6 is 0 Å². The average molecular weight is 286 g/mol. The highest BCUT2D eigenvalue weighted by atomic mass is 16.5. The molecule has 1 aromatic carbocycles. The van der Waals surface area contributed by atoms with E-state index < -0.39 is 0 Å². The van der Waals surface area contributed by atoms with E-state index in [1.54, 1.807) is 0 Å². The second-order valence-electron chi connectivity index (χ2n) is 5.83. The normalized spacial score (nSPS) is 21.4. The van der Waals surface area contributed by atoms with Crippen molar-refractivity contribution in [3.63, 3.8) is 0 Å². The summed E-state index contributed by atoms with van der Waals surface area (Å²) >= 11 is 0. The summed E-state index contributed by atoms with van der Waals surface area (Å²) in [5.74, 6) is 1.58. The minimum absolute atomic E-state index is 0.119. The number of likely N-dealkylation sites (N-methyl/N-ethyl adjacent to an activating group) is 1. The van der Waals surface area contributed by atoms with E-state index >= 15 is 0 Å². The number of nitrogens with zero attached hydrogens (tertiary/aromatic N) is 3. The van der Waals surface area contributed by atoms with Crippen molar-refractivity contribution in [3.05, 3.63) is 47.1 Å². The first-order chi connectivity index (χ1) is 10.1. The van der Waals surface area contributed by atoms with Gasteiger partial charge in [-0.15, -0.1) is 0 Å². The molecule has 2 unspecified atom stereocenters. The predicted molar refractivity (Wildman–Crippen MR) is 81.2 cm³/mol. The van der Waals surface area contributed by atoms with Crippen LogP contribution in [0.2, 0.25) is 0 Å². The molecule has 2 aromatic rings. The summed E-state index contributed by atoms with van der Waals surface area (Å²) in [5.41, 5.74) is 2.45. The van der Waals surface area contributed by atoms with Gasteiger partial charge in [0.1, 0.15) is 0 Å². The number of aryl methyl sites for hydroxylation is 1. The number of rotatable bonds is 3. The van der Waals surface area contributed by atoms with Gasteiger partial charge >= 0.3 is 0 Å². The lowest BCUT2D eigenvalue weighted by atomic mass is 9.99. The molecule has 1 aliphatic rings. The molecule has 112 valence electrons. The summed E-state index contributed by atoms with van der Waals surface area (Å²) < 4.78 is 5.51. The first-order valence-corrected chi connectivity index (χ1v) is 7.46. The van der Waals surface area contributed by atoms with Crippen LogP contribution in [0.25, 0.3) is 0 Å². The zero-order valence-electron chi connectivity index (χ0n) is 12.8. The van der Waals surface area contributed by atoms with Crippen LogP contribution in [0.15, 0.2) is 28.8 Å². The van der Waals surface area contributed by atoms with Crippen molar-refractivity contribution < 1.29 is 4.52 Å². The van der Waals surface area contributed by atoms with Gasteiger partial charge in [0, 0.05) is 19.6 Å². The second-order valence-corrected chi connectivity index (χ2v) is 5.83. The van der Waals surface area contributed by atoms with Gasteiger partial charge in [0.25, 0.3) is 0 Å². The highest BCUT2D eigenvalue weighted by Crippen LogP contribution is 2.25. The van der Waals surface area contributed by atoms with E-state index in [1.165, 1.54) is 11.1 Å². The zero-order valence-corrected chi connectivity index (χ0v) is 12.8. The number of hydrogen-bond donors (Lipinski definition) is 1. The molecule has 0 bridgehead atoms. The molecule has 0 saturated carbocycles. The van der Waals surface area contributed by atoms with E-state index in [2.05, 4.69) is 65.5 Å². The van der Waals surface area contributed by atoms with Crippen LogP contribution in [0.4, 0.5) is 0 Å². The van der Waals surface area contributed by atoms with Gasteiger partial charge in [-0.1, -0.05) is 35.0 Å². The number of piperazine rings is 1. The third kappa shape index (κ3) is 2.99.